The van der Waals surface area contributed by atoms with Crippen molar-refractivity contribution < 1.29 is 4.74 Å². The Balaban J connectivity index is 1.67. The van der Waals surface area contributed by atoms with Crippen LogP contribution in [0, 0.1) is 0 Å². The first-order valence-corrected chi connectivity index (χ1v) is 7.82. The van der Waals surface area contributed by atoms with E-state index in [0.29, 0.717) is 12.1 Å². The lowest BCUT2D eigenvalue weighted by atomic mass is 9.90. The van der Waals surface area contributed by atoms with Crippen LogP contribution in [0.4, 0.5) is 0 Å². The Kier molecular flexibility index (Phi) is 6.14. The summed E-state index contributed by atoms with van der Waals surface area (Å²) < 4.78 is 5.75. The average molecular weight is 297 g/mol. The fourth-order valence-corrected chi connectivity index (χ4v) is 2.95. The van der Waals surface area contributed by atoms with E-state index in [1.807, 2.05) is 24.3 Å². The van der Waals surface area contributed by atoms with E-state index in [1.165, 1.54) is 25.7 Å². The lowest BCUT2D eigenvalue weighted by Crippen LogP contribution is -2.41. The number of halogens is 1. The zero-order chi connectivity index (χ0) is 14.4. The highest BCUT2D eigenvalue weighted by molar-refractivity contribution is 6.30. The third kappa shape index (κ3) is 4.65. The number of nitrogens with one attached hydrogen (secondary N) is 1. The Morgan fingerprint density at radius 3 is 2.45 bits per heavy atom. The Morgan fingerprint density at radius 2 is 1.85 bits per heavy atom. The summed E-state index contributed by atoms with van der Waals surface area (Å²) in [7, 11) is 4.27. The molecule has 0 aromatic heterocycles. The minimum absolute atomic E-state index is 0.702. The van der Waals surface area contributed by atoms with Gasteiger partial charge in [-0.1, -0.05) is 11.6 Å². The fraction of sp³-hybridized carbons (Fsp3) is 0.625. The molecule has 1 aromatic carbocycles. The van der Waals surface area contributed by atoms with Crippen LogP contribution in [-0.2, 0) is 0 Å². The Labute approximate surface area is 127 Å². The molecule has 0 spiro atoms. The molecule has 0 atom stereocenters. The van der Waals surface area contributed by atoms with Gasteiger partial charge in [0, 0.05) is 23.7 Å². The molecule has 0 radical (unpaired) electrons. The van der Waals surface area contributed by atoms with Crippen LogP contribution in [-0.4, -0.2) is 44.2 Å². The Hall–Kier alpha value is -0.770. The van der Waals surface area contributed by atoms with E-state index < -0.39 is 0 Å². The van der Waals surface area contributed by atoms with E-state index >= 15 is 0 Å². The van der Waals surface area contributed by atoms with Gasteiger partial charge in [-0.15, -0.1) is 0 Å². The monoisotopic (exact) mass is 296 g/mol. The van der Waals surface area contributed by atoms with Crippen LogP contribution in [0.15, 0.2) is 24.3 Å². The van der Waals surface area contributed by atoms with Crippen LogP contribution in [0.1, 0.15) is 25.7 Å². The van der Waals surface area contributed by atoms with E-state index in [4.69, 9.17) is 16.3 Å². The molecule has 0 heterocycles. The number of rotatable bonds is 6. The standard InChI is InChI=1S/C16H25ClN2O/c1-18-14-5-7-15(8-6-14)19(2)11-12-20-16-9-3-13(17)4-10-16/h3-4,9-10,14-15,18H,5-8,11-12H2,1-2H3. The van der Waals surface area contributed by atoms with Gasteiger partial charge in [0.1, 0.15) is 12.4 Å². The van der Waals surface area contributed by atoms with Crippen LogP contribution >= 0.6 is 11.6 Å². The molecule has 3 nitrogen and oxygen atoms in total. The number of ether oxygens (including phenoxy) is 1. The highest BCUT2D eigenvalue weighted by Crippen LogP contribution is 2.22. The number of hydrogen-bond donors (Lipinski definition) is 1. The average Bonchev–Trinajstić information content (AvgIpc) is 2.49. The summed E-state index contributed by atoms with van der Waals surface area (Å²) in [5, 5.41) is 4.12. The van der Waals surface area contributed by atoms with Crippen molar-refractivity contribution in [2.24, 2.45) is 0 Å². The zero-order valence-electron chi connectivity index (χ0n) is 12.4. The molecule has 1 N–H and O–H groups in total. The second-order valence-corrected chi connectivity index (χ2v) is 6.01. The lowest BCUT2D eigenvalue weighted by Gasteiger charge is -2.34. The van der Waals surface area contributed by atoms with Gasteiger partial charge in [-0.3, -0.25) is 0 Å². The molecule has 1 aliphatic carbocycles. The first kappa shape index (κ1) is 15.6. The first-order valence-electron chi connectivity index (χ1n) is 7.45. The molecule has 1 aliphatic rings. The van der Waals surface area contributed by atoms with Gasteiger partial charge in [-0.05, 0) is 64.0 Å². The van der Waals surface area contributed by atoms with Crippen molar-refractivity contribution in [2.45, 2.75) is 37.8 Å². The van der Waals surface area contributed by atoms with Gasteiger partial charge in [0.2, 0.25) is 0 Å². The fourth-order valence-electron chi connectivity index (χ4n) is 2.83. The van der Waals surface area contributed by atoms with Crippen LogP contribution in [0.3, 0.4) is 0 Å². The van der Waals surface area contributed by atoms with Crippen molar-refractivity contribution in [2.75, 3.05) is 27.2 Å². The molecule has 0 bridgehead atoms. The summed E-state index contributed by atoms with van der Waals surface area (Å²) >= 11 is 5.85. The van der Waals surface area contributed by atoms with Gasteiger partial charge in [0.15, 0.2) is 0 Å². The van der Waals surface area contributed by atoms with E-state index in [1.54, 1.807) is 0 Å². The Morgan fingerprint density at radius 1 is 1.20 bits per heavy atom. The third-order valence-electron chi connectivity index (χ3n) is 4.25. The van der Waals surface area contributed by atoms with Gasteiger partial charge in [0.05, 0.1) is 0 Å². The van der Waals surface area contributed by atoms with Crippen molar-refractivity contribution >= 4 is 11.6 Å². The van der Waals surface area contributed by atoms with Crippen LogP contribution in [0.25, 0.3) is 0 Å². The smallest absolute Gasteiger partial charge is 0.119 e. The van der Waals surface area contributed by atoms with Gasteiger partial charge in [-0.2, -0.15) is 0 Å². The Bertz CT molecular complexity index is 388. The predicted molar refractivity (Wildman–Crippen MR) is 84.7 cm³/mol. The van der Waals surface area contributed by atoms with Crippen molar-refractivity contribution in [3.63, 3.8) is 0 Å². The van der Waals surface area contributed by atoms with Gasteiger partial charge >= 0.3 is 0 Å². The predicted octanol–water partition coefficient (Wildman–Crippen LogP) is 3.18. The number of benzene rings is 1. The molecule has 1 fully saturated rings. The second-order valence-electron chi connectivity index (χ2n) is 5.58. The molecule has 1 aromatic rings. The summed E-state index contributed by atoms with van der Waals surface area (Å²) in [6.07, 6.45) is 5.12. The minimum atomic E-state index is 0.702. The van der Waals surface area contributed by atoms with Gasteiger partial charge in [0.25, 0.3) is 0 Å². The quantitative estimate of drug-likeness (QED) is 0.872. The van der Waals surface area contributed by atoms with Crippen LogP contribution in [0.2, 0.25) is 5.02 Å². The van der Waals surface area contributed by atoms with Crippen molar-refractivity contribution in [3.05, 3.63) is 29.3 Å². The van der Waals surface area contributed by atoms with Crippen molar-refractivity contribution in [3.8, 4) is 5.75 Å². The second kappa shape index (κ2) is 7.87. The van der Waals surface area contributed by atoms with E-state index in [9.17, 15) is 0 Å². The number of hydrogen-bond acceptors (Lipinski definition) is 3. The summed E-state index contributed by atoms with van der Waals surface area (Å²) in [6.45, 7) is 1.70. The molecule has 0 amide bonds. The molecule has 2 rings (SSSR count). The lowest BCUT2D eigenvalue weighted by molar-refractivity contribution is 0.150. The maximum absolute atomic E-state index is 5.85. The third-order valence-corrected chi connectivity index (χ3v) is 4.51. The minimum Gasteiger partial charge on any atom is -0.492 e. The molecular formula is C16H25ClN2O. The zero-order valence-corrected chi connectivity index (χ0v) is 13.2. The first-order chi connectivity index (χ1) is 9.69. The SMILES string of the molecule is CNC1CCC(N(C)CCOc2ccc(Cl)cc2)CC1. The summed E-state index contributed by atoms with van der Waals surface area (Å²) in [4.78, 5) is 2.43. The molecule has 0 aliphatic heterocycles. The van der Waals surface area contributed by atoms with E-state index in [2.05, 4.69) is 24.3 Å². The topological polar surface area (TPSA) is 24.5 Å². The summed E-state index contributed by atoms with van der Waals surface area (Å²) in [5.41, 5.74) is 0. The van der Waals surface area contributed by atoms with Crippen molar-refractivity contribution in [1.82, 2.24) is 10.2 Å². The van der Waals surface area contributed by atoms with E-state index in [-0.39, 0.29) is 0 Å². The largest absolute Gasteiger partial charge is 0.492 e. The van der Waals surface area contributed by atoms with Gasteiger partial charge in [-0.25, -0.2) is 0 Å². The van der Waals surface area contributed by atoms with Crippen LogP contribution < -0.4 is 10.1 Å². The highest BCUT2D eigenvalue weighted by Gasteiger charge is 2.22. The molecule has 112 valence electrons. The molecule has 0 unspecified atom stereocenters. The van der Waals surface area contributed by atoms with E-state index in [0.717, 1.165) is 23.9 Å². The number of nitrogens with zero attached hydrogens (tertiary/aromatic N) is 1. The van der Waals surface area contributed by atoms with Crippen LogP contribution in [0.5, 0.6) is 5.75 Å². The molecule has 20 heavy (non-hydrogen) atoms. The molecule has 1 saturated carbocycles. The number of likely N-dealkylation sites (N-methyl/N-ethyl adjacent to an activating group) is 1. The normalized spacial score (nSPS) is 23.0. The maximum Gasteiger partial charge on any atom is 0.119 e. The molecular weight excluding hydrogens is 272 g/mol. The van der Waals surface area contributed by atoms with Gasteiger partial charge < -0.3 is 15.0 Å². The molecule has 4 heteroatoms. The van der Waals surface area contributed by atoms with Crippen molar-refractivity contribution in [1.29, 1.82) is 0 Å². The summed E-state index contributed by atoms with van der Waals surface area (Å²) in [5.74, 6) is 0.890. The maximum atomic E-state index is 5.85. The summed E-state index contributed by atoms with van der Waals surface area (Å²) in [6, 6.07) is 8.97. The molecule has 0 saturated heterocycles. The highest BCUT2D eigenvalue weighted by atomic mass is 35.5.